The van der Waals surface area contributed by atoms with Gasteiger partial charge in [0.05, 0.1) is 11.1 Å². The third kappa shape index (κ3) is 5.03. The second kappa shape index (κ2) is 6.28. The van der Waals surface area contributed by atoms with Crippen LogP contribution < -0.4 is 16.0 Å². The molecule has 5 nitrogen and oxygen atoms in total. The zero-order valence-corrected chi connectivity index (χ0v) is 14.1. The zero-order chi connectivity index (χ0) is 17.3. The van der Waals surface area contributed by atoms with Gasteiger partial charge in [0.1, 0.15) is 5.82 Å². The number of nitrogens with two attached hydrogens (primary N) is 1. The van der Waals surface area contributed by atoms with Gasteiger partial charge in [-0.05, 0) is 52.0 Å². The monoisotopic (exact) mass is 322 g/mol. The Morgan fingerprint density at radius 2 is 1.57 bits per heavy atom. The SMILES string of the molecule is CC1(C)CC(NC(=O)C(=O)Nc2ccc(F)cc2)CC(C)(C)[NH2+]1. The van der Waals surface area contributed by atoms with Crippen LogP contribution in [-0.4, -0.2) is 28.9 Å². The van der Waals surface area contributed by atoms with E-state index in [2.05, 4.69) is 43.6 Å². The summed E-state index contributed by atoms with van der Waals surface area (Å²) in [7, 11) is 0. The van der Waals surface area contributed by atoms with E-state index in [1.54, 1.807) is 0 Å². The van der Waals surface area contributed by atoms with Crippen LogP contribution in [0.5, 0.6) is 0 Å². The second-order valence-electron chi connectivity index (χ2n) is 7.66. The fourth-order valence-electron chi connectivity index (χ4n) is 3.59. The van der Waals surface area contributed by atoms with E-state index in [0.717, 1.165) is 12.8 Å². The molecule has 2 rings (SSSR count). The molecule has 126 valence electrons. The quantitative estimate of drug-likeness (QED) is 0.715. The van der Waals surface area contributed by atoms with Crippen LogP contribution >= 0.6 is 0 Å². The molecule has 1 aliphatic heterocycles. The van der Waals surface area contributed by atoms with E-state index in [4.69, 9.17) is 0 Å². The number of carbonyl (C=O) groups excluding carboxylic acids is 2. The van der Waals surface area contributed by atoms with Crippen LogP contribution in [-0.2, 0) is 9.59 Å². The maximum atomic E-state index is 12.8. The summed E-state index contributed by atoms with van der Waals surface area (Å²) in [6, 6.07) is 5.26. The van der Waals surface area contributed by atoms with Crippen LogP contribution in [0, 0.1) is 5.82 Å². The number of amides is 2. The Kier molecular flexibility index (Phi) is 4.75. The van der Waals surface area contributed by atoms with Crippen LogP contribution in [0.3, 0.4) is 0 Å². The van der Waals surface area contributed by atoms with Gasteiger partial charge in [0.25, 0.3) is 0 Å². The molecule has 1 aromatic carbocycles. The minimum atomic E-state index is -0.734. The molecule has 1 aromatic rings. The molecule has 2 amide bonds. The van der Waals surface area contributed by atoms with Gasteiger partial charge in [-0.15, -0.1) is 0 Å². The van der Waals surface area contributed by atoms with E-state index >= 15 is 0 Å². The van der Waals surface area contributed by atoms with Crippen molar-refractivity contribution in [3.05, 3.63) is 30.1 Å². The normalized spacial score (nSPS) is 19.9. The highest BCUT2D eigenvalue weighted by atomic mass is 19.1. The van der Waals surface area contributed by atoms with Crippen LogP contribution in [0.25, 0.3) is 0 Å². The Hall–Kier alpha value is -1.95. The number of rotatable bonds is 2. The molecular weight excluding hydrogens is 297 g/mol. The van der Waals surface area contributed by atoms with Gasteiger partial charge in [-0.2, -0.15) is 0 Å². The van der Waals surface area contributed by atoms with Crippen molar-refractivity contribution < 1.29 is 19.3 Å². The molecule has 0 aliphatic carbocycles. The van der Waals surface area contributed by atoms with Crippen molar-refractivity contribution in [2.24, 2.45) is 0 Å². The number of quaternary nitrogens is 1. The molecule has 4 N–H and O–H groups in total. The van der Waals surface area contributed by atoms with E-state index < -0.39 is 17.6 Å². The number of anilines is 1. The molecule has 0 aromatic heterocycles. The molecule has 0 unspecified atom stereocenters. The van der Waals surface area contributed by atoms with Gasteiger partial charge >= 0.3 is 11.8 Å². The number of nitrogens with one attached hydrogen (secondary N) is 2. The van der Waals surface area contributed by atoms with Crippen LogP contribution in [0.15, 0.2) is 24.3 Å². The van der Waals surface area contributed by atoms with E-state index in [9.17, 15) is 14.0 Å². The maximum Gasteiger partial charge on any atom is 0.313 e. The Morgan fingerprint density at radius 1 is 1.04 bits per heavy atom. The molecule has 1 aliphatic rings. The molecule has 0 spiro atoms. The van der Waals surface area contributed by atoms with E-state index in [0.29, 0.717) is 5.69 Å². The first-order valence-corrected chi connectivity index (χ1v) is 7.81. The molecular formula is C17H25FN3O2+. The lowest BCUT2D eigenvalue weighted by atomic mass is 9.79. The van der Waals surface area contributed by atoms with Crippen molar-refractivity contribution in [2.75, 3.05) is 5.32 Å². The second-order valence-corrected chi connectivity index (χ2v) is 7.66. The van der Waals surface area contributed by atoms with E-state index in [1.807, 2.05) is 0 Å². The van der Waals surface area contributed by atoms with Crippen molar-refractivity contribution in [3.8, 4) is 0 Å². The summed E-state index contributed by atoms with van der Waals surface area (Å²) in [5, 5.41) is 7.60. The molecule has 0 radical (unpaired) electrons. The predicted octanol–water partition coefficient (Wildman–Crippen LogP) is 1.16. The third-order valence-corrected chi connectivity index (χ3v) is 3.97. The van der Waals surface area contributed by atoms with Gasteiger partial charge in [0, 0.05) is 24.6 Å². The van der Waals surface area contributed by atoms with Crippen molar-refractivity contribution in [1.82, 2.24) is 5.32 Å². The number of piperidine rings is 1. The molecule has 0 atom stereocenters. The molecule has 1 fully saturated rings. The minimum absolute atomic E-state index is 0.00707. The molecule has 6 heteroatoms. The summed E-state index contributed by atoms with van der Waals surface area (Å²) >= 11 is 0. The van der Waals surface area contributed by atoms with Crippen LogP contribution in [0.1, 0.15) is 40.5 Å². The minimum Gasteiger partial charge on any atom is -0.345 e. The zero-order valence-electron chi connectivity index (χ0n) is 14.1. The van der Waals surface area contributed by atoms with Gasteiger partial charge in [-0.25, -0.2) is 4.39 Å². The first-order chi connectivity index (χ1) is 10.6. The van der Waals surface area contributed by atoms with Crippen molar-refractivity contribution in [1.29, 1.82) is 0 Å². The Balaban J connectivity index is 1.95. The first kappa shape index (κ1) is 17.4. The van der Waals surface area contributed by atoms with Crippen molar-refractivity contribution in [3.63, 3.8) is 0 Å². The molecule has 0 bridgehead atoms. The molecule has 1 saturated heterocycles. The highest BCUT2D eigenvalue weighted by Crippen LogP contribution is 2.21. The van der Waals surface area contributed by atoms with Crippen molar-refractivity contribution >= 4 is 17.5 Å². The highest BCUT2D eigenvalue weighted by Gasteiger charge is 2.42. The summed E-state index contributed by atoms with van der Waals surface area (Å²) in [4.78, 5) is 24.1. The average Bonchev–Trinajstić information content (AvgIpc) is 2.37. The van der Waals surface area contributed by atoms with Gasteiger partial charge in [0.2, 0.25) is 0 Å². The third-order valence-electron chi connectivity index (χ3n) is 3.97. The highest BCUT2D eigenvalue weighted by molar-refractivity contribution is 6.39. The summed E-state index contributed by atoms with van der Waals surface area (Å²) in [5.41, 5.74) is 0.407. The van der Waals surface area contributed by atoms with E-state index in [-0.39, 0.29) is 17.1 Å². The summed E-state index contributed by atoms with van der Waals surface area (Å²) in [5.74, 6) is -1.79. The summed E-state index contributed by atoms with van der Waals surface area (Å²) in [6.07, 6.45) is 1.60. The fourth-order valence-corrected chi connectivity index (χ4v) is 3.59. The number of halogens is 1. The fraction of sp³-hybridized carbons (Fsp3) is 0.529. The Morgan fingerprint density at radius 3 is 2.09 bits per heavy atom. The maximum absolute atomic E-state index is 12.8. The van der Waals surface area contributed by atoms with E-state index in [1.165, 1.54) is 24.3 Å². The van der Waals surface area contributed by atoms with Gasteiger partial charge in [0.15, 0.2) is 0 Å². The van der Waals surface area contributed by atoms with Crippen LogP contribution in [0.2, 0.25) is 0 Å². The van der Waals surface area contributed by atoms with Gasteiger partial charge in [-0.1, -0.05) is 0 Å². The number of hydrogen-bond acceptors (Lipinski definition) is 2. The summed E-state index contributed by atoms with van der Waals surface area (Å²) < 4.78 is 12.8. The lowest BCUT2D eigenvalue weighted by Gasteiger charge is -2.43. The largest absolute Gasteiger partial charge is 0.345 e. The number of carbonyl (C=O) groups is 2. The average molecular weight is 322 g/mol. The van der Waals surface area contributed by atoms with Gasteiger partial charge < -0.3 is 16.0 Å². The van der Waals surface area contributed by atoms with Crippen LogP contribution in [0.4, 0.5) is 10.1 Å². The predicted molar refractivity (Wildman–Crippen MR) is 86.3 cm³/mol. The number of hydrogen-bond donors (Lipinski definition) is 3. The first-order valence-electron chi connectivity index (χ1n) is 7.81. The summed E-state index contributed by atoms with van der Waals surface area (Å²) in [6.45, 7) is 8.52. The van der Waals surface area contributed by atoms with Gasteiger partial charge in [-0.3, -0.25) is 9.59 Å². The smallest absolute Gasteiger partial charge is 0.313 e. The molecule has 0 saturated carbocycles. The Labute approximate surface area is 136 Å². The van der Waals surface area contributed by atoms with Crippen molar-refractivity contribution in [2.45, 2.75) is 57.7 Å². The lowest BCUT2D eigenvalue weighted by Crippen LogP contribution is -3.06. The number of benzene rings is 1. The molecule has 23 heavy (non-hydrogen) atoms. The topological polar surface area (TPSA) is 74.8 Å². The standard InChI is InChI=1S/C17H24FN3O2/c1-16(2)9-13(10-17(3,4)21-16)20-15(23)14(22)19-12-7-5-11(18)6-8-12/h5-8,13,21H,9-10H2,1-4H3,(H,19,22)(H,20,23)/p+1. The Bertz CT molecular complexity index is 580. The lowest BCUT2D eigenvalue weighted by molar-refractivity contribution is -0.787. The molecule has 1 heterocycles.